The quantitative estimate of drug-likeness (QED) is 0.462. The number of nitrogens with one attached hydrogen (secondary N) is 2. The number of nitrogens with two attached hydrogens (primary N) is 1. The predicted octanol–water partition coefficient (Wildman–Crippen LogP) is 3.75. The molecule has 3 aromatic heterocycles. The predicted molar refractivity (Wildman–Crippen MR) is 106 cm³/mol. The molecule has 0 aliphatic heterocycles. The molecule has 140 valence electrons. The lowest BCUT2D eigenvalue weighted by molar-refractivity contribution is 0.0993. The van der Waals surface area contributed by atoms with Crippen LogP contribution in [0.5, 0.6) is 0 Å². The van der Waals surface area contributed by atoms with E-state index in [9.17, 15) is 14.0 Å². The van der Waals surface area contributed by atoms with Crippen molar-refractivity contribution in [2.45, 2.75) is 0 Å². The summed E-state index contributed by atoms with van der Waals surface area (Å²) in [6.07, 6.45) is 1.62. The summed E-state index contributed by atoms with van der Waals surface area (Å²) >= 11 is 2.55. The zero-order valence-electron chi connectivity index (χ0n) is 14.1. The van der Waals surface area contributed by atoms with Crippen LogP contribution in [0.25, 0.3) is 21.8 Å². The number of hydrogen-bond acceptors (Lipinski definition) is 6. The molecule has 4 aromatic rings. The number of hydrogen-bond donors (Lipinski definition) is 3. The molecular weight excluding hydrogens is 401 g/mol. The molecule has 3 heterocycles. The Labute approximate surface area is 166 Å². The highest BCUT2D eigenvalue weighted by Crippen LogP contribution is 2.27. The van der Waals surface area contributed by atoms with E-state index in [0.29, 0.717) is 21.4 Å². The minimum atomic E-state index is -0.560. The van der Waals surface area contributed by atoms with E-state index in [4.69, 9.17) is 5.73 Å². The van der Waals surface area contributed by atoms with Gasteiger partial charge in [-0.05, 0) is 30.3 Å². The molecule has 4 rings (SSSR count). The van der Waals surface area contributed by atoms with Crippen molar-refractivity contribution in [2.24, 2.45) is 5.73 Å². The molecule has 0 fully saturated rings. The van der Waals surface area contributed by atoms with Crippen LogP contribution in [-0.4, -0.2) is 26.8 Å². The highest BCUT2D eigenvalue weighted by molar-refractivity contribution is 7.14. The Balaban J connectivity index is 1.47. The van der Waals surface area contributed by atoms with E-state index in [1.165, 1.54) is 34.8 Å². The van der Waals surface area contributed by atoms with Crippen molar-refractivity contribution >= 4 is 39.6 Å². The van der Waals surface area contributed by atoms with Crippen LogP contribution in [0, 0.1) is 5.82 Å². The number of halogens is 1. The van der Waals surface area contributed by atoms with E-state index >= 15 is 0 Å². The third kappa shape index (κ3) is 3.68. The van der Waals surface area contributed by atoms with Gasteiger partial charge in [-0.2, -0.15) is 0 Å². The van der Waals surface area contributed by atoms with Crippen molar-refractivity contribution in [3.05, 3.63) is 64.5 Å². The lowest BCUT2D eigenvalue weighted by atomic mass is 10.2. The molecule has 0 bridgehead atoms. The summed E-state index contributed by atoms with van der Waals surface area (Å²) in [5.41, 5.74) is 7.79. The van der Waals surface area contributed by atoms with E-state index in [2.05, 4.69) is 20.3 Å². The molecule has 0 saturated heterocycles. The summed E-state index contributed by atoms with van der Waals surface area (Å²) < 4.78 is 13.0. The average Bonchev–Trinajstić information content (AvgIpc) is 3.42. The highest BCUT2D eigenvalue weighted by atomic mass is 32.1. The van der Waals surface area contributed by atoms with E-state index < -0.39 is 11.8 Å². The molecule has 0 aliphatic rings. The fourth-order valence-corrected chi connectivity index (χ4v) is 3.93. The fraction of sp³-hybridized carbons (Fsp3) is 0. The molecule has 0 spiro atoms. The van der Waals surface area contributed by atoms with Gasteiger partial charge in [-0.15, -0.1) is 22.7 Å². The molecule has 0 atom stereocenters. The normalized spacial score (nSPS) is 10.8. The molecule has 2 amide bonds. The first-order valence-corrected chi connectivity index (χ1v) is 9.72. The van der Waals surface area contributed by atoms with Gasteiger partial charge in [-0.25, -0.2) is 14.4 Å². The number of aromatic amines is 1. The van der Waals surface area contributed by atoms with E-state index in [1.807, 2.05) is 0 Å². The largest absolute Gasteiger partial charge is 0.364 e. The Morgan fingerprint density at radius 3 is 2.57 bits per heavy atom. The number of primary amides is 1. The SMILES string of the molecule is NC(=O)c1cc(-c2csc(NC(=O)c3csc(-c4ccc(F)cc4)n3)n2)c[nH]1. The first-order valence-electron chi connectivity index (χ1n) is 7.96. The lowest BCUT2D eigenvalue weighted by Gasteiger charge is -1.98. The zero-order valence-corrected chi connectivity index (χ0v) is 15.7. The lowest BCUT2D eigenvalue weighted by Crippen LogP contribution is -2.12. The van der Waals surface area contributed by atoms with Gasteiger partial charge in [0, 0.05) is 28.1 Å². The van der Waals surface area contributed by atoms with Crippen molar-refractivity contribution < 1.29 is 14.0 Å². The van der Waals surface area contributed by atoms with Gasteiger partial charge in [0.25, 0.3) is 11.8 Å². The summed E-state index contributed by atoms with van der Waals surface area (Å²) in [6, 6.07) is 7.51. The van der Waals surface area contributed by atoms with Gasteiger partial charge in [0.15, 0.2) is 5.13 Å². The summed E-state index contributed by atoms with van der Waals surface area (Å²) in [4.78, 5) is 35.0. The maximum atomic E-state index is 13.0. The fourth-order valence-electron chi connectivity index (χ4n) is 2.41. The summed E-state index contributed by atoms with van der Waals surface area (Å²) in [5, 5.41) is 7.12. The average molecular weight is 413 g/mol. The van der Waals surface area contributed by atoms with Crippen LogP contribution >= 0.6 is 22.7 Å². The Morgan fingerprint density at radius 1 is 1.07 bits per heavy atom. The van der Waals surface area contributed by atoms with Crippen LogP contribution in [0.2, 0.25) is 0 Å². The van der Waals surface area contributed by atoms with Gasteiger partial charge in [-0.1, -0.05) is 0 Å². The van der Waals surface area contributed by atoms with Gasteiger partial charge in [0.2, 0.25) is 0 Å². The minimum absolute atomic E-state index is 0.249. The first kappa shape index (κ1) is 18.0. The van der Waals surface area contributed by atoms with Crippen molar-refractivity contribution in [3.63, 3.8) is 0 Å². The molecule has 0 unspecified atom stereocenters. The number of anilines is 1. The van der Waals surface area contributed by atoms with Crippen LogP contribution in [0.15, 0.2) is 47.3 Å². The number of carbonyl (C=O) groups is 2. The van der Waals surface area contributed by atoms with Gasteiger partial charge in [0.05, 0.1) is 5.69 Å². The molecule has 28 heavy (non-hydrogen) atoms. The Morgan fingerprint density at radius 2 is 1.86 bits per heavy atom. The van der Waals surface area contributed by atoms with Gasteiger partial charge < -0.3 is 10.7 Å². The van der Waals surface area contributed by atoms with E-state index in [-0.39, 0.29) is 17.2 Å². The number of nitrogens with zero attached hydrogens (tertiary/aromatic N) is 2. The molecule has 1 aromatic carbocycles. The second-order valence-corrected chi connectivity index (χ2v) is 7.42. The third-order valence-electron chi connectivity index (χ3n) is 3.80. The maximum absolute atomic E-state index is 13.0. The number of carbonyl (C=O) groups excluding carboxylic acids is 2. The molecule has 0 aliphatic carbocycles. The van der Waals surface area contributed by atoms with Crippen molar-refractivity contribution in [2.75, 3.05) is 5.32 Å². The number of aromatic nitrogens is 3. The summed E-state index contributed by atoms with van der Waals surface area (Å²) in [7, 11) is 0. The van der Waals surface area contributed by atoms with Crippen LogP contribution in [-0.2, 0) is 0 Å². The topological polar surface area (TPSA) is 114 Å². The minimum Gasteiger partial charge on any atom is -0.364 e. The van der Waals surface area contributed by atoms with Crippen molar-refractivity contribution in [1.29, 1.82) is 0 Å². The standard InChI is InChI=1S/C18H12FN5O2S2/c19-11-3-1-9(2-4-11)17-22-14(8-27-17)16(26)24-18-23-13(7-28-18)10-5-12(15(20)25)21-6-10/h1-8,21H,(H2,20,25)(H,23,24,26). The second kappa shape index (κ2) is 7.33. The molecule has 7 nitrogen and oxygen atoms in total. The number of benzene rings is 1. The number of thiazole rings is 2. The summed E-state index contributed by atoms with van der Waals surface area (Å²) in [5.74, 6) is -1.28. The Kier molecular flexibility index (Phi) is 4.72. The molecule has 10 heteroatoms. The van der Waals surface area contributed by atoms with Crippen LogP contribution in [0.1, 0.15) is 21.0 Å². The Bertz CT molecular complexity index is 1160. The van der Waals surface area contributed by atoms with Gasteiger partial charge in [-0.3, -0.25) is 14.9 Å². The highest BCUT2D eigenvalue weighted by Gasteiger charge is 2.15. The summed E-state index contributed by atoms with van der Waals surface area (Å²) in [6.45, 7) is 0. The molecule has 0 saturated carbocycles. The second-order valence-electron chi connectivity index (χ2n) is 5.70. The van der Waals surface area contributed by atoms with Gasteiger partial charge >= 0.3 is 0 Å². The maximum Gasteiger partial charge on any atom is 0.276 e. The molecule has 4 N–H and O–H groups in total. The van der Waals surface area contributed by atoms with Crippen LogP contribution < -0.4 is 11.1 Å². The number of H-pyrrole nitrogens is 1. The molecule has 0 radical (unpaired) electrons. The van der Waals surface area contributed by atoms with E-state index in [0.717, 1.165) is 5.56 Å². The van der Waals surface area contributed by atoms with E-state index in [1.54, 1.807) is 35.2 Å². The first-order chi connectivity index (χ1) is 13.5. The van der Waals surface area contributed by atoms with Crippen molar-refractivity contribution in [1.82, 2.24) is 15.0 Å². The number of amides is 2. The van der Waals surface area contributed by atoms with Crippen LogP contribution in [0.3, 0.4) is 0 Å². The van der Waals surface area contributed by atoms with Crippen LogP contribution in [0.4, 0.5) is 9.52 Å². The Hall–Kier alpha value is -3.37. The monoisotopic (exact) mass is 413 g/mol. The van der Waals surface area contributed by atoms with Gasteiger partial charge in [0.1, 0.15) is 22.2 Å². The number of rotatable bonds is 5. The van der Waals surface area contributed by atoms with Crippen molar-refractivity contribution in [3.8, 4) is 21.8 Å². The third-order valence-corrected chi connectivity index (χ3v) is 5.45. The molecular formula is C18H12FN5O2S2. The zero-order chi connectivity index (χ0) is 19.7. The smallest absolute Gasteiger partial charge is 0.276 e.